The predicted molar refractivity (Wildman–Crippen MR) is 83.1 cm³/mol. The lowest BCUT2D eigenvalue weighted by molar-refractivity contribution is 0.103. The van der Waals surface area contributed by atoms with Crippen LogP contribution in [0.2, 0.25) is 0 Å². The fraction of sp³-hybridized carbons (Fsp3) is 0.0625. The van der Waals surface area contributed by atoms with E-state index in [0.717, 1.165) is 6.08 Å². The average Bonchev–Trinajstić information content (AvgIpc) is 3.26. The van der Waals surface area contributed by atoms with E-state index in [1.165, 1.54) is 18.7 Å². The molecular formula is C16H13N3O5. The highest BCUT2D eigenvalue weighted by atomic mass is 16.6. The number of H-pyrrole nitrogens is 1. The second-order valence-corrected chi connectivity index (χ2v) is 4.63. The molecule has 0 amide bonds. The van der Waals surface area contributed by atoms with Crippen molar-refractivity contribution in [1.29, 1.82) is 0 Å². The summed E-state index contributed by atoms with van der Waals surface area (Å²) in [6, 6.07) is 8.36. The lowest BCUT2D eigenvalue weighted by Crippen LogP contribution is -1.99. The second kappa shape index (κ2) is 6.69. The number of hydrogen-bond acceptors (Lipinski definition) is 7. The molecular weight excluding hydrogens is 314 g/mol. The molecule has 0 saturated carbocycles. The van der Waals surface area contributed by atoms with Gasteiger partial charge in [0.1, 0.15) is 29.1 Å². The van der Waals surface area contributed by atoms with Crippen molar-refractivity contribution in [2.75, 3.05) is 7.11 Å². The highest BCUT2D eigenvalue weighted by molar-refractivity contribution is 6.05. The molecule has 0 bridgehead atoms. The van der Waals surface area contributed by atoms with E-state index >= 15 is 0 Å². The lowest BCUT2D eigenvalue weighted by atomic mass is 10.2. The fourth-order valence-electron chi connectivity index (χ4n) is 1.93. The number of carbonyl (C=O) groups is 1. The van der Waals surface area contributed by atoms with Crippen LogP contribution in [0.15, 0.2) is 53.4 Å². The fourth-order valence-corrected chi connectivity index (χ4v) is 1.93. The van der Waals surface area contributed by atoms with Crippen molar-refractivity contribution >= 4 is 11.5 Å². The molecule has 0 radical (unpaired) electrons. The molecule has 0 aliphatic heterocycles. The molecule has 122 valence electrons. The Morgan fingerprint density at radius 3 is 2.92 bits per heavy atom. The SMILES string of the molecule is COc1cccc(Oc2occc2C(O)=CC(=O)c2ncn[nH]2)c1. The molecule has 0 aliphatic rings. The lowest BCUT2D eigenvalue weighted by Gasteiger charge is -2.06. The Morgan fingerprint density at radius 1 is 1.33 bits per heavy atom. The Kier molecular flexibility index (Phi) is 4.28. The summed E-state index contributed by atoms with van der Waals surface area (Å²) >= 11 is 0. The van der Waals surface area contributed by atoms with Gasteiger partial charge in [-0.05, 0) is 18.2 Å². The highest BCUT2D eigenvalue weighted by Gasteiger charge is 2.16. The zero-order chi connectivity index (χ0) is 16.9. The number of nitrogens with zero attached hydrogens (tertiary/aromatic N) is 2. The first-order valence-corrected chi connectivity index (χ1v) is 6.87. The minimum Gasteiger partial charge on any atom is -0.507 e. The number of allylic oxidation sites excluding steroid dienone is 1. The first-order chi connectivity index (χ1) is 11.7. The molecule has 1 aromatic carbocycles. The number of carbonyl (C=O) groups excluding carboxylic acids is 1. The van der Waals surface area contributed by atoms with Gasteiger partial charge in [0, 0.05) is 12.1 Å². The van der Waals surface area contributed by atoms with Crippen LogP contribution in [0.25, 0.3) is 5.76 Å². The van der Waals surface area contributed by atoms with Gasteiger partial charge in [0.25, 0.3) is 0 Å². The summed E-state index contributed by atoms with van der Waals surface area (Å²) < 4.78 is 15.9. The second-order valence-electron chi connectivity index (χ2n) is 4.63. The van der Waals surface area contributed by atoms with Crippen LogP contribution in [0.4, 0.5) is 0 Å². The number of rotatable bonds is 6. The van der Waals surface area contributed by atoms with Crippen molar-refractivity contribution < 1.29 is 23.8 Å². The van der Waals surface area contributed by atoms with E-state index in [2.05, 4.69) is 15.2 Å². The number of methoxy groups -OCH3 is 1. The number of hydrogen-bond donors (Lipinski definition) is 2. The molecule has 8 nitrogen and oxygen atoms in total. The van der Waals surface area contributed by atoms with Gasteiger partial charge in [-0.1, -0.05) is 6.07 Å². The molecule has 0 unspecified atom stereocenters. The van der Waals surface area contributed by atoms with Crippen LogP contribution in [0.3, 0.4) is 0 Å². The minimum atomic E-state index is -0.529. The van der Waals surface area contributed by atoms with Crippen LogP contribution < -0.4 is 9.47 Å². The monoisotopic (exact) mass is 327 g/mol. The molecule has 2 heterocycles. The summed E-state index contributed by atoms with van der Waals surface area (Å²) in [5.74, 6) is 0.282. The third kappa shape index (κ3) is 3.27. The van der Waals surface area contributed by atoms with E-state index < -0.39 is 5.78 Å². The standard InChI is InChI=1S/C16H13N3O5/c1-22-10-3-2-4-11(7-10)24-16-12(5-6-23-16)13(20)8-14(21)15-17-9-18-19-15/h2-9,20H,1H3,(H,17,18,19). The average molecular weight is 327 g/mol. The third-order valence-electron chi connectivity index (χ3n) is 3.07. The molecule has 0 aliphatic carbocycles. The molecule has 0 saturated heterocycles. The number of ether oxygens (including phenoxy) is 2. The van der Waals surface area contributed by atoms with Gasteiger partial charge in [0.2, 0.25) is 5.78 Å². The van der Waals surface area contributed by atoms with Crippen molar-refractivity contribution in [2.45, 2.75) is 0 Å². The smallest absolute Gasteiger partial charge is 0.301 e. The van der Waals surface area contributed by atoms with Crippen LogP contribution >= 0.6 is 0 Å². The first kappa shape index (κ1) is 15.3. The van der Waals surface area contributed by atoms with Crippen LogP contribution in [0.5, 0.6) is 17.4 Å². The Hall–Kier alpha value is -3.55. The predicted octanol–water partition coefficient (Wildman–Crippen LogP) is 2.98. The number of aromatic nitrogens is 3. The number of benzene rings is 1. The van der Waals surface area contributed by atoms with Crippen molar-refractivity contribution in [3.05, 3.63) is 60.4 Å². The number of aromatic amines is 1. The molecule has 0 atom stereocenters. The van der Waals surface area contributed by atoms with Crippen molar-refractivity contribution in [3.8, 4) is 17.4 Å². The normalized spacial score (nSPS) is 11.3. The Morgan fingerprint density at radius 2 is 2.17 bits per heavy atom. The van der Waals surface area contributed by atoms with Gasteiger partial charge in [-0.15, -0.1) is 0 Å². The number of aliphatic hydroxyl groups is 1. The summed E-state index contributed by atoms with van der Waals surface area (Å²) in [7, 11) is 1.54. The highest BCUT2D eigenvalue weighted by Crippen LogP contribution is 2.31. The minimum absolute atomic E-state index is 0.0142. The van der Waals surface area contributed by atoms with Crippen LogP contribution in [-0.4, -0.2) is 33.2 Å². The topological polar surface area (TPSA) is 110 Å². The van der Waals surface area contributed by atoms with Crippen LogP contribution in [-0.2, 0) is 0 Å². The van der Waals surface area contributed by atoms with E-state index in [0.29, 0.717) is 11.5 Å². The number of nitrogens with one attached hydrogen (secondary N) is 1. The maximum Gasteiger partial charge on any atom is 0.301 e. The molecule has 0 fully saturated rings. The largest absolute Gasteiger partial charge is 0.507 e. The van der Waals surface area contributed by atoms with Crippen molar-refractivity contribution in [1.82, 2.24) is 15.2 Å². The summed E-state index contributed by atoms with van der Waals surface area (Å²) in [5, 5.41) is 16.2. The summed E-state index contributed by atoms with van der Waals surface area (Å²) in [6.45, 7) is 0. The Bertz CT molecular complexity index is 867. The molecule has 3 rings (SSSR count). The third-order valence-corrected chi connectivity index (χ3v) is 3.07. The molecule has 0 spiro atoms. The molecule has 24 heavy (non-hydrogen) atoms. The van der Waals surface area contributed by atoms with Gasteiger partial charge < -0.3 is 19.0 Å². The molecule has 3 aromatic rings. The molecule has 8 heteroatoms. The Labute approximate surface area is 136 Å². The molecule has 2 aromatic heterocycles. The first-order valence-electron chi connectivity index (χ1n) is 6.87. The summed E-state index contributed by atoms with van der Waals surface area (Å²) in [6.07, 6.45) is 3.55. The van der Waals surface area contributed by atoms with E-state index in [1.807, 2.05) is 0 Å². The van der Waals surface area contributed by atoms with E-state index in [1.54, 1.807) is 31.4 Å². The van der Waals surface area contributed by atoms with Gasteiger partial charge in [0.05, 0.1) is 13.4 Å². The van der Waals surface area contributed by atoms with Gasteiger partial charge in [-0.25, -0.2) is 4.98 Å². The summed E-state index contributed by atoms with van der Waals surface area (Å²) in [4.78, 5) is 15.6. The maximum atomic E-state index is 11.9. The quantitative estimate of drug-likeness (QED) is 0.407. The van der Waals surface area contributed by atoms with E-state index in [9.17, 15) is 9.90 Å². The van der Waals surface area contributed by atoms with Crippen LogP contribution in [0, 0.1) is 0 Å². The van der Waals surface area contributed by atoms with Gasteiger partial charge in [-0.2, -0.15) is 5.10 Å². The zero-order valence-corrected chi connectivity index (χ0v) is 12.6. The number of aliphatic hydroxyl groups excluding tert-OH is 1. The van der Waals surface area contributed by atoms with Gasteiger partial charge in [0.15, 0.2) is 5.82 Å². The maximum absolute atomic E-state index is 11.9. The Balaban J connectivity index is 1.83. The number of furan rings is 1. The van der Waals surface area contributed by atoms with E-state index in [4.69, 9.17) is 13.9 Å². The zero-order valence-electron chi connectivity index (χ0n) is 12.6. The van der Waals surface area contributed by atoms with Crippen LogP contribution in [0.1, 0.15) is 16.2 Å². The van der Waals surface area contributed by atoms with E-state index in [-0.39, 0.29) is 23.1 Å². The number of ketones is 1. The molecule has 2 N–H and O–H groups in total. The van der Waals surface area contributed by atoms with Gasteiger partial charge in [-0.3, -0.25) is 9.89 Å². The van der Waals surface area contributed by atoms with Crippen molar-refractivity contribution in [2.24, 2.45) is 0 Å². The van der Waals surface area contributed by atoms with Gasteiger partial charge >= 0.3 is 5.95 Å². The summed E-state index contributed by atoms with van der Waals surface area (Å²) in [5.41, 5.74) is 0.227. The van der Waals surface area contributed by atoms with Crippen molar-refractivity contribution in [3.63, 3.8) is 0 Å².